The fourth-order valence-corrected chi connectivity index (χ4v) is 4.41. The lowest BCUT2D eigenvalue weighted by molar-refractivity contribution is -0.0414. The van der Waals surface area contributed by atoms with Gasteiger partial charge in [0.2, 0.25) is 0 Å². The van der Waals surface area contributed by atoms with Gasteiger partial charge in [0.25, 0.3) is 0 Å². The molecule has 5 rings (SSSR count). The Kier molecular flexibility index (Phi) is 5.58. The molecule has 166 valence electrons. The number of nitrogens with one attached hydrogen (secondary N) is 1. The fraction of sp³-hybridized carbons (Fsp3) is 0.179. The summed E-state index contributed by atoms with van der Waals surface area (Å²) in [6.45, 7) is 4.50. The van der Waals surface area contributed by atoms with Crippen molar-refractivity contribution in [3.8, 4) is 17.1 Å². The lowest BCUT2D eigenvalue weighted by Crippen LogP contribution is -2.04. The lowest BCUT2D eigenvalue weighted by atomic mass is 9.99. The summed E-state index contributed by atoms with van der Waals surface area (Å²) in [6, 6.07) is 23.6. The van der Waals surface area contributed by atoms with E-state index in [1.807, 2.05) is 60.7 Å². The van der Waals surface area contributed by atoms with E-state index in [4.69, 9.17) is 9.72 Å². The minimum atomic E-state index is -1.66. The Morgan fingerprint density at radius 2 is 1.73 bits per heavy atom. The van der Waals surface area contributed by atoms with Crippen LogP contribution in [0.5, 0.6) is 5.75 Å². The molecule has 5 nitrogen and oxygen atoms in total. The molecule has 3 N–H and O–H groups in total. The third-order valence-electron chi connectivity index (χ3n) is 6.15. The summed E-state index contributed by atoms with van der Waals surface area (Å²) >= 11 is 0. The van der Waals surface area contributed by atoms with E-state index in [2.05, 4.69) is 24.9 Å². The van der Waals surface area contributed by atoms with E-state index in [0.29, 0.717) is 29.0 Å². The molecule has 0 bridgehead atoms. The minimum Gasteiger partial charge on any atom is -0.488 e. The van der Waals surface area contributed by atoms with Crippen molar-refractivity contribution in [3.63, 3.8) is 0 Å². The second-order valence-corrected chi connectivity index (χ2v) is 8.22. The zero-order valence-corrected chi connectivity index (χ0v) is 18.7. The number of aliphatic hydroxyl groups is 2. The summed E-state index contributed by atoms with van der Waals surface area (Å²) in [5.74, 6) is 0.585. The predicted molar refractivity (Wildman–Crippen MR) is 131 cm³/mol. The van der Waals surface area contributed by atoms with Gasteiger partial charge in [-0.05, 0) is 48.2 Å². The first-order chi connectivity index (χ1) is 16.1. The molecule has 0 saturated heterocycles. The highest BCUT2D eigenvalue weighted by Gasteiger charge is 2.20. The van der Waals surface area contributed by atoms with Crippen LogP contribution in [0, 0.1) is 6.92 Å². The van der Waals surface area contributed by atoms with E-state index in [-0.39, 0.29) is 0 Å². The first kappa shape index (κ1) is 21.2. The number of ether oxygens (including phenoxy) is 1. The Balaban J connectivity index is 1.70. The Morgan fingerprint density at radius 1 is 0.970 bits per heavy atom. The maximum atomic E-state index is 10.3. The first-order valence-electron chi connectivity index (χ1n) is 11.1. The first-order valence-corrected chi connectivity index (χ1v) is 11.1. The summed E-state index contributed by atoms with van der Waals surface area (Å²) in [7, 11) is 0. The Morgan fingerprint density at radius 3 is 2.45 bits per heavy atom. The standard InChI is InChI=1S/C28H26N2O3/c1-3-19-13-14-24(33-16-18-9-5-4-6-10-18)25-21(28(31)32)15-23(30-27(19)25)26-17(2)20-11-7-8-12-22(20)29-26/h4-15,28-29,31-32H,3,16H2,1-2H3. The quantitative estimate of drug-likeness (QED) is 0.292. The third-order valence-corrected chi connectivity index (χ3v) is 6.15. The number of aromatic amines is 1. The number of hydrogen-bond donors (Lipinski definition) is 3. The van der Waals surface area contributed by atoms with E-state index in [1.165, 1.54) is 0 Å². The largest absolute Gasteiger partial charge is 0.488 e. The zero-order valence-electron chi connectivity index (χ0n) is 18.7. The van der Waals surface area contributed by atoms with Gasteiger partial charge in [-0.3, -0.25) is 0 Å². The number of benzene rings is 3. The van der Waals surface area contributed by atoms with Crippen molar-refractivity contribution in [2.75, 3.05) is 0 Å². The van der Waals surface area contributed by atoms with Gasteiger partial charge in [-0.2, -0.15) is 0 Å². The van der Waals surface area contributed by atoms with Crippen molar-refractivity contribution in [2.45, 2.75) is 33.2 Å². The Labute approximate surface area is 192 Å². The Bertz CT molecular complexity index is 1440. The number of para-hydroxylation sites is 1. The molecular formula is C28H26N2O3. The number of fused-ring (bicyclic) bond motifs is 2. The van der Waals surface area contributed by atoms with Crippen LogP contribution in [-0.2, 0) is 13.0 Å². The van der Waals surface area contributed by atoms with Crippen molar-refractivity contribution in [1.82, 2.24) is 9.97 Å². The second-order valence-electron chi connectivity index (χ2n) is 8.22. The molecule has 0 saturated carbocycles. The highest BCUT2D eigenvalue weighted by molar-refractivity contribution is 5.95. The van der Waals surface area contributed by atoms with Crippen molar-refractivity contribution in [3.05, 3.63) is 95.1 Å². The van der Waals surface area contributed by atoms with E-state index < -0.39 is 6.29 Å². The highest BCUT2D eigenvalue weighted by atomic mass is 16.5. The molecule has 0 spiro atoms. The van der Waals surface area contributed by atoms with Crippen LogP contribution in [-0.4, -0.2) is 20.2 Å². The molecule has 2 heterocycles. The maximum absolute atomic E-state index is 10.3. The fourth-order valence-electron chi connectivity index (χ4n) is 4.41. The van der Waals surface area contributed by atoms with Gasteiger partial charge in [-0.25, -0.2) is 4.98 Å². The molecule has 0 aliphatic carbocycles. The molecule has 2 aromatic heterocycles. The number of nitrogens with zero attached hydrogens (tertiary/aromatic N) is 1. The van der Waals surface area contributed by atoms with Gasteiger partial charge in [0.15, 0.2) is 6.29 Å². The number of aryl methyl sites for hydroxylation is 2. The second kappa shape index (κ2) is 8.70. The molecule has 5 heteroatoms. The van der Waals surface area contributed by atoms with Crippen molar-refractivity contribution in [2.24, 2.45) is 0 Å². The summed E-state index contributed by atoms with van der Waals surface area (Å²) in [6.07, 6.45) is -0.899. The molecule has 0 aliphatic rings. The molecule has 0 aliphatic heterocycles. The van der Waals surface area contributed by atoms with E-state index in [9.17, 15) is 10.2 Å². The summed E-state index contributed by atoms with van der Waals surface area (Å²) < 4.78 is 6.14. The van der Waals surface area contributed by atoms with Crippen LogP contribution in [0.1, 0.15) is 35.5 Å². The molecule has 5 aromatic rings. The topological polar surface area (TPSA) is 78.4 Å². The van der Waals surface area contributed by atoms with Gasteiger partial charge < -0.3 is 19.9 Å². The monoisotopic (exact) mass is 438 g/mol. The van der Waals surface area contributed by atoms with Crippen LogP contribution in [0.25, 0.3) is 33.2 Å². The van der Waals surface area contributed by atoms with Gasteiger partial charge in [-0.15, -0.1) is 0 Å². The lowest BCUT2D eigenvalue weighted by Gasteiger charge is -2.17. The average molecular weight is 439 g/mol. The molecule has 3 aromatic carbocycles. The average Bonchev–Trinajstić information content (AvgIpc) is 3.19. The van der Waals surface area contributed by atoms with Gasteiger partial charge in [0, 0.05) is 16.5 Å². The molecule has 0 radical (unpaired) electrons. The molecule has 0 fully saturated rings. The van der Waals surface area contributed by atoms with Crippen LogP contribution in [0.15, 0.2) is 72.8 Å². The van der Waals surface area contributed by atoms with Crippen molar-refractivity contribution >= 4 is 21.8 Å². The number of hydrogen-bond acceptors (Lipinski definition) is 4. The molecule has 0 unspecified atom stereocenters. The highest BCUT2D eigenvalue weighted by Crippen LogP contribution is 2.38. The van der Waals surface area contributed by atoms with Crippen LogP contribution in [0.4, 0.5) is 0 Å². The molecular weight excluding hydrogens is 412 g/mol. The van der Waals surface area contributed by atoms with Gasteiger partial charge in [0.1, 0.15) is 12.4 Å². The van der Waals surface area contributed by atoms with Gasteiger partial charge in [0.05, 0.1) is 22.3 Å². The van der Waals surface area contributed by atoms with Crippen molar-refractivity contribution in [1.29, 1.82) is 0 Å². The number of aliphatic hydroxyl groups excluding tert-OH is 1. The smallest absolute Gasteiger partial charge is 0.179 e. The van der Waals surface area contributed by atoms with Gasteiger partial charge >= 0.3 is 0 Å². The predicted octanol–water partition coefficient (Wildman–Crippen LogP) is 5.82. The number of rotatable bonds is 6. The summed E-state index contributed by atoms with van der Waals surface area (Å²) in [5, 5.41) is 22.4. The van der Waals surface area contributed by atoms with Crippen LogP contribution in [0.2, 0.25) is 0 Å². The maximum Gasteiger partial charge on any atom is 0.179 e. The SMILES string of the molecule is CCc1ccc(OCc2ccccc2)c2c(C(O)O)cc(-c3[nH]c4ccccc4c3C)nc12. The normalized spacial score (nSPS) is 11.5. The number of pyridine rings is 1. The van der Waals surface area contributed by atoms with Gasteiger partial charge in [-0.1, -0.05) is 61.5 Å². The molecule has 0 amide bonds. The Hall–Kier alpha value is -3.67. The minimum absolute atomic E-state index is 0.380. The van der Waals surface area contributed by atoms with E-state index >= 15 is 0 Å². The summed E-state index contributed by atoms with van der Waals surface area (Å²) in [4.78, 5) is 8.45. The van der Waals surface area contributed by atoms with E-state index in [1.54, 1.807) is 6.07 Å². The molecule has 33 heavy (non-hydrogen) atoms. The number of H-pyrrole nitrogens is 1. The number of aromatic nitrogens is 2. The van der Waals surface area contributed by atoms with E-state index in [0.717, 1.165) is 45.2 Å². The van der Waals surface area contributed by atoms with Crippen LogP contribution in [0.3, 0.4) is 0 Å². The van der Waals surface area contributed by atoms with Crippen LogP contribution < -0.4 is 4.74 Å². The zero-order chi connectivity index (χ0) is 22.9. The van der Waals surface area contributed by atoms with Crippen molar-refractivity contribution < 1.29 is 14.9 Å². The van der Waals surface area contributed by atoms with Crippen LogP contribution >= 0.6 is 0 Å². The summed E-state index contributed by atoms with van der Waals surface area (Å²) in [5.41, 5.74) is 6.81. The molecule has 0 atom stereocenters. The third kappa shape index (κ3) is 3.86.